The standard InChI is InChI=1S/C14H15ClN4OS/c1-3-18(14(20)10(2)9-21)12-8-19(17-13(12)15)11-5-4-6-16-7-11/h4-8,21H,2-3,9H2,1H3. The summed E-state index contributed by atoms with van der Waals surface area (Å²) in [5, 5.41) is 4.47. The zero-order valence-electron chi connectivity index (χ0n) is 11.5. The van der Waals surface area contributed by atoms with Crippen LogP contribution >= 0.6 is 24.2 Å². The molecular weight excluding hydrogens is 308 g/mol. The van der Waals surface area contributed by atoms with Crippen LogP contribution in [0.2, 0.25) is 5.15 Å². The predicted octanol–water partition coefficient (Wildman–Crippen LogP) is 2.76. The van der Waals surface area contributed by atoms with E-state index in [1.54, 1.807) is 29.3 Å². The van der Waals surface area contributed by atoms with E-state index in [0.29, 0.717) is 23.6 Å². The fourth-order valence-electron chi connectivity index (χ4n) is 1.83. The molecule has 0 N–H and O–H groups in total. The number of halogens is 1. The van der Waals surface area contributed by atoms with Gasteiger partial charge in [-0.2, -0.15) is 17.7 Å². The van der Waals surface area contributed by atoms with Crippen molar-refractivity contribution in [3.05, 3.63) is 48.0 Å². The van der Waals surface area contributed by atoms with Crippen molar-refractivity contribution in [2.45, 2.75) is 6.92 Å². The Morgan fingerprint density at radius 2 is 2.33 bits per heavy atom. The van der Waals surface area contributed by atoms with Crippen molar-refractivity contribution in [1.29, 1.82) is 0 Å². The monoisotopic (exact) mass is 322 g/mol. The molecule has 2 heterocycles. The predicted molar refractivity (Wildman–Crippen MR) is 87.4 cm³/mol. The van der Waals surface area contributed by atoms with E-state index in [-0.39, 0.29) is 11.1 Å². The van der Waals surface area contributed by atoms with E-state index in [0.717, 1.165) is 5.69 Å². The first-order chi connectivity index (χ1) is 10.1. The normalized spacial score (nSPS) is 10.4. The van der Waals surface area contributed by atoms with Gasteiger partial charge in [0.25, 0.3) is 5.91 Å². The van der Waals surface area contributed by atoms with Gasteiger partial charge >= 0.3 is 0 Å². The molecule has 2 rings (SSSR count). The van der Waals surface area contributed by atoms with Gasteiger partial charge in [-0.25, -0.2) is 4.68 Å². The van der Waals surface area contributed by atoms with Crippen LogP contribution in [0.5, 0.6) is 0 Å². The fraction of sp³-hybridized carbons (Fsp3) is 0.214. The Balaban J connectivity index is 2.38. The third-order valence-corrected chi connectivity index (χ3v) is 3.56. The number of pyridine rings is 1. The van der Waals surface area contributed by atoms with Crippen molar-refractivity contribution in [2.24, 2.45) is 0 Å². The number of aromatic nitrogens is 3. The summed E-state index contributed by atoms with van der Waals surface area (Å²) in [6, 6.07) is 3.65. The Morgan fingerprint density at radius 3 is 2.90 bits per heavy atom. The lowest BCUT2D eigenvalue weighted by atomic mass is 10.3. The molecule has 0 aliphatic heterocycles. The van der Waals surface area contributed by atoms with Crippen LogP contribution in [0, 0.1) is 0 Å². The van der Waals surface area contributed by atoms with Gasteiger partial charge in [0.05, 0.1) is 18.1 Å². The number of rotatable bonds is 5. The van der Waals surface area contributed by atoms with Gasteiger partial charge in [-0.05, 0) is 19.1 Å². The third kappa shape index (κ3) is 3.28. The van der Waals surface area contributed by atoms with Gasteiger partial charge in [0.1, 0.15) is 5.69 Å². The van der Waals surface area contributed by atoms with Gasteiger partial charge in [-0.1, -0.05) is 18.2 Å². The van der Waals surface area contributed by atoms with Gasteiger partial charge in [-0.15, -0.1) is 0 Å². The van der Waals surface area contributed by atoms with Crippen LogP contribution in [0.15, 0.2) is 42.9 Å². The molecule has 0 saturated heterocycles. The van der Waals surface area contributed by atoms with Crippen LogP contribution in [0.1, 0.15) is 6.92 Å². The van der Waals surface area contributed by atoms with Crippen molar-refractivity contribution in [3.8, 4) is 5.69 Å². The summed E-state index contributed by atoms with van der Waals surface area (Å²) in [5.41, 5.74) is 1.71. The molecule has 0 saturated carbocycles. The number of nitrogens with zero attached hydrogens (tertiary/aromatic N) is 4. The van der Waals surface area contributed by atoms with Crippen LogP contribution in [-0.4, -0.2) is 33.0 Å². The molecular formula is C14H15ClN4OS. The Morgan fingerprint density at radius 1 is 1.57 bits per heavy atom. The average molecular weight is 323 g/mol. The lowest BCUT2D eigenvalue weighted by Gasteiger charge is -2.19. The first-order valence-corrected chi connectivity index (χ1v) is 7.35. The maximum absolute atomic E-state index is 12.3. The van der Waals surface area contributed by atoms with Gasteiger partial charge in [0.2, 0.25) is 0 Å². The number of amides is 1. The molecule has 0 fully saturated rings. The average Bonchev–Trinajstić information content (AvgIpc) is 2.90. The smallest absolute Gasteiger partial charge is 0.254 e. The number of carbonyl (C=O) groups is 1. The van der Waals surface area contributed by atoms with E-state index in [2.05, 4.69) is 29.3 Å². The van der Waals surface area contributed by atoms with Crippen molar-refractivity contribution >= 4 is 35.8 Å². The van der Waals surface area contributed by atoms with Crippen LogP contribution in [0.25, 0.3) is 5.69 Å². The summed E-state index contributed by atoms with van der Waals surface area (Å²) < 4.78 is 1.59. The zero-order valence-corrected chi connectivity index (χ0v) is 13.2. The maximum atomic E-state index is 12.3. The quantitative estimate of drug-likeness (QED) is 0.680. The highest BCUT2D eigenvalue weighted by atomic mass is 35.5. The fourth-order valence-corrected chi connectivity index (χ4v) is 2.20. The van der Waals surface area contributed by atoms with E-state index < -0.39 is 0 Å². The second kappa shape index (κ2) is 6.78. The summed E-state index contributed by atoms with van der Waals surface area (Å²) in [7, 11) is 0. The lowest BCUT2D eigenvalue weighted by Crippen LogP contribution is -2.32. The van der Waals surface area contributed by atoms with Crippen LogP contribution < -0.4 is 4.90 Å². The first kappa shape index (κ1) is 15.6. The molecule has 0 spiro atoms. The minimum atomic E-state index is -0.208. The molecule has 0 radical (unpaired) electrons. The SMILES string of the molecule is C=C(CS)C(=O)N(CC)c1cn(-c2cccnc2)nc1Cl. The maximum Gasteiger partial charge on any atom is 0.254 e. The minimum absolute atomic E-state index is 0.208. The van der Waals surface area contributed by atoms with Crippen LogP contribution in [-0.2, 0) is 4.79 Å². The number of hydrogen-bond acceptors (Lipinski definition) is 4. The first-order valence-electron chi connectivity index (χ1n) is 6.34. The Hall–Kier alpha value is -1.79. The van der Waals surface area contributed by atoms with E-state index >= 15 is 0 Å². The number of likely N-dealkylation sites (N-methyl/N-ethyl adjacent to an activating group) is 1. The zero-order chi connectivity index (χ0) is 15.4. The Kier molecular flexibility index (Phi) is 5.03. The van der Waals surface area contributed by atoms with Gasteiger partial charge in [0.15, 0.2) is 5.15 Å². The van der Waals surface area contributed by atoms with Crippen molar-refractivity contribution in [2.75, 3.05) is 17.2 Å². The summed E-state index contributed by atoms with van der Waals surface area (Å²) in [4.78, 5) is 17.8. The Bertz CT molecular complexity index is 656. The molecule has 0 aromatic carbocycles. The largest absolute Gasteiger partial charge is 0.305 e. The molecule has 0 bridgehead atoms. The number of carbonyl (C=O) groups excluding carboxylic acids is 1. The molecule has 0 atom stereocenters. The van der Waals surface area contributed by atoms with Gasteiger partial charge in [0, 0.05) is 24.1 Å². The minimum Gasteiger partial charge on any atom is -0.305 e. The molecule has 2 aromatic heterocycles. The molecule has 0 aliphatic carbocycles. The molecule has 0 unspecified atom stereocenters. The van der Waals surface area contributed by atoms with Gasteiger partial charge < -0.3 is 4.90 Å². The van der Waals surface area contributed by atoms with Crippen molar-refractivity contribution < 1.29 is 4.79 Å². The Labute approximate surface area is 133 Å². The number of hydrogen-bond donors (Lipinski definition) is 1. The van der Waals surface area contributed by atoms with E-state index in [1.807, 2.05) is 13.0 Å². The molecule has 1 amide bonds. The molecule has 5 nitrogen and oxygen atoms in total. The van der Waals surface area contributed by atoms with Gasteiger partial charge in [-0.3, -0.25) is 9.78 Å². The molecule has 7 heteroatoms. The topological polar surface area (TPSA) is 51.0 Å². The number of anilines is 1. The van der Waals surface area contributed by atoms with Crippen molar-refractivity contribution in [1.82, 2.24) is 14.8 Å². The summed E-state index contributed by atoms with van der Waals surface area (Å²) in [5.74, 6) is 0.0871. The highest BCUT2D eigenvalue weighted by Gasteiger charge is 2.21. The molecule has 21 heavy (non-hydrogen) atoms. The highest BCUT2D eigenvalue weighted by Crippen LogP contribution is 2.26. The number of thiol groups is 1. The summed E-state index contributed by atoms with van der Waals surface area (Å²) in [6.07, 6.45) is 5.04. The highest BCUT2D eigenvalue weighted by molar-refractivity contribution is 7.80. The molecule has 0 aliphatic rings. The van der Waals surface area contributed by atoms with Crippen molar-refractivity contribution in [3.63, 3.8) is 0 Å². The lowest BCUT2D eigenvalue weighted by molar-refractivity contribution is -0.115. The summed E-state index contributed by atoms with van der Waals surface area (Å²) in [6.45, 7) is 6.04. The van der Waals surface area contributed by atoms with E-state index in [1.165, 1.54) is 4.90 Å². The van der Waals surface area contributed by atoms with Crippen LogP contribution in [0.3, 0.4) is 0 Å². The van der Waals surface area contributed by atoms with E-state index in [9.17, 15) is 4.79 Å². The third-order valence-electron chi connectivity index (χ3n) is 2.91. The molecule has 110 valence electrons. The second-order valence-electron chi connectivity index (χ2n) is 4.27. The van der Waals surface area contributed by atoms with E-state index in [4.69, 9.17) is 11.6 Å². The van der Waals surface area contributed by atoms with Crippen LogP contribution in [0.4, 0.5) is 5.69 Å². The molecule has 2 aromatic rings. The summed E-state index contributed by atoms with van der Waals surface area (Å²) >= 11 is 10.2. The second-order valence-corrected chi connectivity index (χ2v) is 4.95.